The number of rotatable bonds is 6. The zero-order valence-electron chi connectivity index (χ0n) is 10.4. The van der Waals surface area contributed by atoms with Crippen LogP contribution in [0.25, 0.3) is 0 Å². The molecule has 0 unspecified atom stereocenters. The first-order valence-electron chi connectivity index (χ1n) is 5.39. The maximum absolute atomic E-state index is 11.4. The maximum Gasteiger partial charge on any atom is 0.322 e. The minimum atomic E-state index is -1.05. The maximum atomic E-state index is 11.4. The second kappa shape index (κ2) is 8.74. The van der Waals surface area contributed by atoms with Crippen molar-refractivity contribution in [2.24, 2.45) is 0 Å². The first-order chi connectivity index (χ1) is 8.47. The van der Waals surface area contributed by atoms with Gasteiger partial charge in [0.05, 0.1) is 6.54 Å². The fourth-order valence-corrected chi connectivity index (χ4v) is 1.69. The Morgan fingerprint density at radius 3 is 2.68 bits per heavy atom. The quantitative estimate of drug-likeness (QED) is 0.833. The van der Waals surface area contributed by atoms with E-state index in [4.69, 9.17) is 16.7 Å². The van der Waals surface area contributed by atoms with Gasteiger partial charge in [0.25, 0.3) is 0 Å². The zero-order chi connectivity index (χ0) is 13.5. The first kappa shape index (κ1) is 17.7. The van der Waals surface area contributed by atoms with E-state index in [1.807, 2.05) is 18.2 Å². The summed E-state index contributed by atoms with van der Waals surface area (Å²) in [6.07, 6.45) is 0. The van der Waals surface area contributed by atoms with Crippen molar-refractivity contribution in [3.8, 4) is 0 Å². The molecule has 0 aliphatic rings. The third-order valence-corrected chi connectivity index (χ3v) is 2.43. The molecule has 0 radical (unpaired) electrons. The lowest BCUT2D eigenvalue weighted by atomic mass is 10.2. The Hall–Kier alpha value is -1.30. The number of carbonyl (C=O) groups excluding carboxylic acids is 1. The molecule has 19 heavy (non-hydrogen) atoms. The second-order valence-electron chi connectivity index (χ2n) is 3.97. The number of halogens is 2. The van der Waals surface area contributed by atoms with Crippen molar-refractivity contribution in [1.82, 2.24) is 10.2 Å². The molecule has 5 nitrogen and oxygen atoms in total. The highest BCUT2D eigenvalue weighted by Crippen LogP contribution is 2.11. The number of hydrogen-bond acceptors (Lipinski definition) is 3. The summed E-state index contributed by atoms with van der Waals surface area (Å²) in [7, 11) is 1.78. The van der Waals surface area contributed by atoms with E-state index in [0.29, 0.717) is 11.6 Å². The van der Waals surface area contributed by atoms with Gasteiger partial charge in [0, 0.05) is 11.6 Å². The lowest BCUT2D eigenvalue weighted by molar-refractivity contribution is -0.138. The van der Waals surface area contributed by atoms with Crippen LogP contribution in [-0.4, -0.2) is 42.0 Å². The first-order valence-corrected chi connectivity index (χ1v) is 5.76. The molecule has 0 bridgehead atoms. The van der Waals surface area contributed by atoms with E-state index >= 15 is 0 Å². The molecule has 1 aromatic rings. The fraction of sp³-hybridized carbons (Fsp3) is 0.333. The van der Waals surface area contributed by atoms with Crippen LogP contribution in [0.15, 0.2) is 24.3 Å². The molecule has 1 aromatic carbocycles. The highest BCUT2D eigenvalue weighted by Gasteiger charge is 2.08. The number of nitrogens with zero attached hydrogens (tertiary/aromatic N) is 1. The normalized spacial score (nSPS) is 9.84. The molecule has 1 rings (SSSR count). The van der Waals surface area contributed by atoms with Crippen LogP contribution in [0.2, 0.25) is 5.02 Å². The average molecular weight is 307 g/mol. The van der Waals surface area contributed by atoms with Gasteiger partial charge in [-0.05, 0) is 24.7 Å². The molecular weight excluding hydrogens is 291 g/mol. The lowest BCUT2D eigenvalue weighted by Crippen LogP contribution is -2.37. The molecule has 1 amide bonds. The summed E-state index contributed by atoms with van der Waals surface area (Å²) in [5.74, 6) is -1.37. The van der Waals surface area contributed by atoms with E-state index in [1.54, 1.807) is 18.0 Å². The van der Waals surface area contributed by atoms with Crippen molar-refractivity contribution < 1.29 is 14.7 Å². The molecule has 0 spiro atoms. The molecule has 0 fully saturated rings. The number of hydrogen-bond donors (Lipinski definition) is 2. The van der Waals surface area contributed by atoms with Crippen molar-refractivity contribution in [2.75, 3.05) is 20.1 Å². The van der Waals surface area contributed by atoms with E-state index in [0.717, 1.165) is 5.56 Å². The number of carboxylic acids is 1. The Labute approximate surface area is 123 Å². The largest absolute Gasteiger partial charge is 0.480 e. The predicted molar refractivity (Wildman–Crippen MR) is 75.7 cm³/mol. The highest BCUT2D eigenvalue weighted by atomic mass is 35.5. The lowest BCUT2D eigenvalue weighted by Gasteiger charge is -2.16. The molecule has 0 saturated heterocycles. The summed E-state index contributed by atoms with van der Waals surface area (Å²) in [4.78, 5) is 23.4. The number of likely N-dealkylation sites (N-methyl/N-ethyl adjacent to an activating group) is 1. The summed E-state index contributed by atoms with van der Waals surface area (Å²) in [6.45, 7) is 0.352. The number of carboxylic acid groups (broad SMARTS) is 1. The Kier molecular flexibility index (Phi) is 8.14. The van der Waals surface area contributed by atoms with E-state index in [-0.39, 0.29) is 31.4 Å². The minimum absolute atomic E-state index is 0. The monoisotopic (exact) mass is 306 g/mol. The standard InChI is InChI=1S/C12H15ClN2O3.ClH/c1-15(8-11(16)14-6-12(17)18)7-9-3-2-4-10(13)5-9;/h2-5H,6-8H2,1H3,(H,14,16)(H,17,18);1H. The van der Waals surface area contributed by atoms with Gasteiger partial charge in [0.15, 0.2) is 0 Å². The summed E-state index contributed by atoms with van der Waals surface area (Å²) in [5.41, 5.74) is 0.996. The Bertz CT molecular complexity index is 441. The summed E-state index contributed by atoms with van der Waals surface area (Å²) in [6, 6.07) is 7.37. The number of benzene rings is 1. The van der Waals surface area contributed by atoms with E-state index in [2.05, 4.69) is 5.32 Å². The molecule has 0 heterocycles. The number of aliphatic carboxylic acids is 1. The molecule has 0 atom stereocenters. The van der Waals surface area contributed by atoms with Gasteiger partial charge >= 0.3 is 5.97 Å². The van der Waals surface area contributed by atoms with E-state index < -0.39 is 5.97 Å². The number of carbonyl (C=O) groups is 2. The smallest absolute Gasteiger partial charge is 0.322 e. The second-order valence-corrected chi connectivity index (χ2v) is 4.41. The van der Waals surface area contributed by atoms with E-state index in [9.17, 15) is 9.59 Å². The topological polar surface area (TPSA) is 69.6 Å². The van der Waals surface area contributed by atoms with Gasteiger partial charge in [-0.15, -0.1) is 12.4 Å². The molecule has 0 aromatic heterocycles. The summed E-state index contributed by atoms with van der Waals surface area (Å²) >= 11 is 5.86. The zero-order valence-corrected chi connectivity index (χ0v) is 12.0. The third-order valence-electron chi connectivity index (χ3n) is 2.19. The Balaban J connectivity index is 0.00000324. The molecule has 2 N–H and O–H groups in total. The predicted octanol–water partition coefficient (Wildman–Crippen LogP) is 1.39. The van der Waals surface area contributed by atoms with Gasteiger partial charge < -0.3 is 10.4 Å². The van der Waals surface area contributed by atoms with Crippen LogP contribution in [0.3, 0.4) is 0 Å². The van der Waals surface area contributed by atoms with Gasteiger partial charge in [-0.3, -0.25) is 14.5 Å². The van der Waals surface area contributed by atoms with Gasteiger partial charge in [0.1, 0.15) is 6.54 Å². The minimum Gasteiger partial charge on any atom is -0.480 e. The number of amides is 1. The molecular formula is C12H16Cl2N2O3. The van der Waals surface area contributed by atoms with Gasteiger partial charge in [-0.2, -0.15) is 0 Å². The highest BCUT2D eigenvalue weighted by molar-refractivity contribution is 6.30. The Morgan fingerprint density at radius 1 is 1.42 bits per heavy atom. The third kappa shape index (κ3) is 7.66. The molecule has 0 aliphatic heterocycles. The van der Waals surface area contributed by atoms with Crippen molar-refractivity contribution in [1.29, 1.82) is 0 Å². The van der Waals surface area contributed by atoms with Crippen molar-refractivity contribution in [2.45, 2.75) is 6.54 Å². The van der Waals surface area contributed by atoms with Crippen LogP contribution in [0.1, 0.15) is 5.56 Å². The molecule has 106 valence electrons. The van der Waals surface area contributed by atoms with Crippen LogP contribution in [0.4, 0.5) is 0 Å². The van der Waals surface area contributed by atoms with Crippen molar-refractivity contribution in [3.05, 3.63) is 34.9 Å². The van der Waals surface area contributed by atoms with Crippen LogP contribution >= 0.6 is 24.0 Å². The van der Waals surface area contributed by atoms with Crippen molar-refractivity contribution in [3.63, 3.8) is 0 Å². The van der Waals surface area contributed by atoms with Crippen LogP contribution in [0, 0.1) is 0 Å². The van der Waals surface area contributed by atoms with Gasteiger partial charge in [0.2, 0.25) is 5.91 Å². The van der Waals surface area contributed by atoms with Crippen LogP contribution in [-0.2, 0) is 16.1 Å². The average Bonchev–Trinajstić information content (AvgIpc) is 2.26. The van der Waals surface area contributed by atoms with Crippen molar-refractivity contribution >= 4 is 35.9 Å². The molecule has 0 aliphatic carbocycles. The van der Waals surface area contributed by atoms with Gasteiger partial charge in [-0.25, -0.2) is 0 Å². The summed E-state index contributed by atoms with van der Waals surface area (Å²) < 4.78 is 0. The Morgan fingerprint density at radius 2 is 2.11 bits per heavy atom. The summed E-state index contributed by atoms with van der Waals surface area (Å²) in [5, 5.41) is 11.4. The fourth-order valence-electron chi connectivity index (χ4n) is 1.48. The van der Waals surface area contributed by atoms with E-state index in [1.165, 1.54) is 0 Å². The molecule has 0 saturated carbocycles. The van der Waals surface area contributed by atoms with Crippen LogP contribution < -0.4 is 5.32 Å². The van der Waals surface area contributed by atoms with Crippen LogP contribution in [0.5, 0.6) is 0 Å². The molecule has 7 heteroatoms. The van der Waals surface area contributed by atoms with Gasteiger partial charge in [-0.1, -0.05) is 23.7 Å². The SMILES string of the molecule is CN(CC(=O)NCC(=O)O)Cc1cccc(Cl)c1.Cl. The number of nitrogens with one attached hydrogen (secondary N) is 1.